The largest absolute Gasteiger partial charge is 0.507 e. The van der Waals surface area contributed by atoms with E-state index in [0.29, 0.717) is 28.4 Å². The van der Waals surface area contributed by atoms with Crippen molar-refractivity contribution in [2.75, 3.05) is 34.3 Å². The number of hydrogen-bond acceptors (Lipinski definition) is 6. The molecule has 1 aromatic carbocycles. The van der Waals surface area contributed by atoms with Crippen LogP contribution < -0.4 is 0 Å². The zero-order valence-corrected chi connectivity index (χ0v) is 20.5. The fraction of sp³-hybridized carbons (Fsp3) is 0.348. The number of rotatable bonds is 6. The Kier molecular flexibility index (Phi) is 7.21. The summed E-state index contributed by atoms with van der Waals surface area (Å²) in [5.74, 6) is -2.53. The van der Waals surface area contributed by atoms with Crippen LogP contribution in [0, 0.1) is 13.8 Å². The van der Waals surface area contributed by atoms with E-state index in [4.69, 9.17) is 27.9 Å². The van der Waals surface area contributed by atoms with Crippen LogP contribution in [0.25, 0.3) is 5.76 Å². The predicted octanol–water partition coefficient (Wildman–Crippen LogP) is 3.71. The van der Waals surface area contributed by atoms with Gasteiger partial charge in [0.15, 0.2) is 0 Å². The molecular weight excluding hydrogens is 469 g/mol. The predicted molar refractivity (Wildman–Crippen MR) is 126 cm³/mol. The van der Waals surface area contributed by atoms with Crippen molar-refractivity contribution in [3.05, 3.63) is 61.9 Å². The first kappa shape index (κ1) is 24.8. The smallest absolute Gasteiger partial charge is 0.354 e. The van der Waals surface area contributed by atoms with Crippen molar-refractivity contribution in [1.82, 2.24) is 14.8 Å². The zero-order chi connectivity index (χ0) is 24.6. The maximum Gasteiger partial charge on any atom is 0.354 e. The molecule has 33 heavy (non-hydrogen) atoms. The molecule has 10 heteroatoms. The maximum atomic E-state index is 13.1. The van der Waals surface area contributed by atoms with E-state index in [1.807, 2.05) is 19.0 Å². The number of Topliss-reactive ketones (excluding diaryl/α,β-unsaturated/α-hetero) is 1. The van der Waals surface area contributed by atoms with Crippen molar-refractivity contribution in [3.8, 4) is 0 Å². The topological polar surface area (TPSA) is 103 Å². The van der Waals surface area contributed by atoms with Crippen molar-refractivity contribution in [2.45, 2.75) is 19.9 Å². The minimum atomic E-state index is -0.880. The summed E-state index contributed by atoms with van der Waals surface area (Å²) in [6, 6.07) is 3.94. The van der Waals surface area contributed by atoms with E-state index in [-0.39, 0.29) is 34.2 Å². The molecule has 0 spiro atoms. The van der Waals surface area contributed by atoms with Gasteiger partial charge < -0.3 is 24.6 Å². The van der Waals surface area contributed by atoms with E-state index in [1.165, 1.54) is 12.0 Å². The number of aliphatic hydroxyl groups excluding tert-OH is 1. The fourth-order valence-corrected chi connectivity index (χ4v) is 4.30. The van der Waals surface area contributed by atoms with Gasteiger partial charge in [0.05, 0.1) is 28.8 Å². The van der Waals surface area contributed by atoms with Crippen molar-refractivity contribution >= 4 is 46.6 Å². The zero-order valence-electron chi connectivity index (χ0n) is 19.0. The molecule has 0 saturated carbocycles. The first-order valence-electron chi connectivity index (χ1n) is 10.2. The normalized spacial score (nSPS) is 17.8. The Morgan fingerprint density at radius 2 is 1.88 bits per heavy atom. The van der Waals surface area contributed by atoms with Gasteiger partial charge in [-0.2, -0.15) is 0 Å². The Hall–Kier alpha value is -2.81. The molecule has 2 heterocycles. The van der Waals surface area contributed by atoms with Crippen LogP contribution >= 0.6 is 23.2 Å². The molecule has 2 N–H and O–H groups in total. The average Bonchev–Trinajstić information content (AvgIpc) is 3.20. The molecule has 1 amide bonds. The highest BCUT2D eigenvalue weighted by molar-refractivity contribution is 6.47. The Balaban J connectivity index is 2.24. The summed E-state index contributed by atoms with van der Waals surface area (Å²) in [6.07, 6.45) is 0. The number of benzene rings is 1. The van der Waals surface area contributed by atoms with Gasteiger partial charge in [0.1, 0.15) is 11.5 Å². The molecule has 3 rings (SSSR count). The fourth-order valence-electron chi connectivity index (χ4n) is 3.99. The number of nitrogens with one attached hydrogen (secondary N) is 1. The molecule has 1 aliphatic rings. The van der Waals surface area contributed by atoms with Crippen LogP contribution in [-0.2, 0) is 14.3 Å². The molecule has 1 aliphatic heterocycles. The van der Waals surface area contributed by atoms with Gasteiger partial charge in [0.25, 0.3) is 11.7 Å². The summed E-state index contributed by atoms with van der Waals surface area (Å²) in [7, 11) is 4.95. The summed E-state index contributed by atoms with van der Waals surface area (Å²) < 4.78 is 4.79. The molecule has 0 aliphatic carbocycles. The number of hydrogen-bond donors (Lipinski definition) is 2. The first-order chi connectivity index (χ1) is 15.5. The SMILES string of the molecule is COC(=O)c1[nH]c(C)c(C(O)=C2C(=O)C(=O)N(CCN(C)C)[C@@H]2c2ccc(Cl)c(Cl)c2)c1C. The third-order valence-electron chi connectivity index (χ3n) is 5.65. The molecule has 1 atom stereocenters. The van der Waals surface area contributed by atoms with E-state index in [1.54, 1.807) is 32.0 Å². The summed E-state index contributed by atoms with van der Waals surface area (Å²) in [6.45, 7) is 4.03. The quantitative estimate of drug-likeness (QED) is 0.275. The van der Waals surface area contributed by atoms with Gasteiger partial charge in [-0.1, -0.05) is 29.3 Å². The van der Waals surface area contributed by atoms with Crippen LogP contribution in [0.5, 0.6) is 0 Å². The van der Waals surface area contributed by atoms with Crippen LogP contribution in [0.1, 0.15) is 38.9 Å². The van der Waals surface area contributed by atoms with Crippen LogP contribution in [0.3, 0.4) is 0 Å². The van der Waals surface area contributed by atoms with Crippen molar-refractivity contribution in [3.63, 3.8) is 0 Å². The standard InChI is InChI=1S/C23H25Cl2N3O5/c1-11-16(12(2)26-18(11)23(32)33-5)20(29)17-19(13-6-7-14(24)15(25)10-13)28(9-8-27(3)4)22(31)21(17)30/h6-7,10,19,26,29H,8-9H2,1-5H3/t19-/m1/s1. The molecule has 1 saturated heterocycles. The van der Waals surface area contributed by atoms with Crippen LogP contribution in [0.15, 0.2) is 23.8 Å². The number of ketones is 1. The molecule has 1 fully saturated rings. The summed E-state index contributed by atoms with van der Waals surface area (Å²) in [4.78, 5) is 44.4. The van der Waals surface area contributed by atoms with Crippen LogP contribution in [-0.4, -0.2) is 71.8 Å². The Labute approximate surface area is 201 Å². The molecule has 1 aromatic heterocycles. The monoisotopic (exact) mass is 493 g/mol. The van der Waals surface area contributed by atoms with Gasteiger partial charge in [-0.25, -0.2) is 4.79 Å². The van der Waals surface area contributed by atoms with E-state index in [9.17, 15) is 19.5 Å². The van der Waals surface area contributed by atoms with E-state index >= 15 is 0 Å². The second-order valence-electron chi connectivity index (χ2n) is 8.09. The number of aromatic amines is 1. The molecule has 0 bridgehead atoms. The maximum absolute atomic E-state index is 13.1. The van der Waals surface area contributed by atoms with Crippen molar-refractivity contribution < 1.29 is 24.2 Å². The first-order valence-corrected chi connectivity index (χ1v) is 10.9. The van der Waals surface area contributed by atoms with Crippen molar-refractivity contribution in [2.24, 2.45) is 0 Å². The highest BCUT2D eigenvalue weighted by Crippen LogP contribution is 2.42. The van der Waals surface area contributed by atoms with Gasteiger partial charge in [0, 0.05) is 24.3 Å². The Morgan fingerprint density at radius 1 is 1.21 bits per heavy atom. The molecular formula is C23H25Cl2N3O5. The second kappa shape index (κ2) is 9.59. The highest BCUT2D eigenvalue weighted by Gasteiger charge is 2.46. The molecule has 0 unspecified atom stereocenters. The number of aryl methyl sites for hydroxylation is 1. The number of aliphatic hydroxyl groups is 1. The van der Waals surface area contributed by atoms with E-state index in [2.05, 4.69) is 4.98 Å². The number of likely N-dealkylation sites (N-methyl/N-ethyl adjacent to an activating group) is 1. The second-order valence-corrected chi connectivity index (χ2v) is 8.90. The van der Waals surface area contributed by atoms with Crippen molar-refractivity contribution in [1.29, 1.82) is 0 Å². The molecule has 2 aromatic rings. The number of nitrogens with zero attached hydrogens (tertiary/aromatic N) is 2. The van der Waals surface area contributed by atoms with Gasteiger partial charge >= 0.3 is 5.97 Å². The molecule has 176 valence electrons. The number of esters is 1. The van der Waals surface area contributed by atoms with Gasteiger partial charge in [-0.3, -0.25) is 9.59 Å². The number of amides is 1. The van der Waals surface area contributed by atoms with Crippen LogP contribution in [0.4, 0.5) is 0 Å². The van der Waals surface area contributed by atoms with Gasteiger partial charge in [0.2, 0.25) is 0 Å². The third kappa shape index (κ3) is 4.51. The molecule has 0 radical (unpaired) electrons. The number of aromatic nitrogens is 1. The number of ether oxygens (including phenoxy) is 1. The highest BCUT2D eigenvalue weighted by atomic mass is 35.5. The number of methoxy groups -OCH3 is 1. The lowest BCUT2D eigenvalue weighted by molar-refractivity contribution is -0.140. The van der Waals surface area contributed by atoms with E-state index in [0.717, 1.165) is 0 Å². The number of carbonyl (C=O) groups is 3. The summed E-state index contributed by atoms with van der Waals surface area (Å²) in [5.41, 5.74) is 1.74. The summed E-state index contributed by atoms with van der Waals surface area (Å²) >= 11 is 12.3. The Morgan fingerprint density at radius 3 is 2.45 bits per heavy atom. The summed E-state index contributed by atoms with van der Waals surface area (Å²) in [5, 5.41) is 11.9. The van der Waals surface area contributed by atoms with Gasteiger partial charge in [-0.05, 0) is 51.2 Å². The third-order valence-corrected chi connectivity index (χ3v) is 6.39. The number of carbonyl (C=O) groups excluding carboxylic acids is 3. The minimum absolute atomic E-state index is 0.0845. The number of halogens is 2. The van der Waals surface area contributed by atoms with E-state index < -0.39 is 23.7 Å². The lowest BCUT2D eigenvalue weighted by Gasteiger charge is -2.26. The number of H-pyrrole nitrogens is 1. The van der Waals surface area contributed by atoms with Crippen LogP contribution in [0.2, 0.25) is 10.0 Å². The number of likely N-dealkylation sites (tertiary alicyclic amines) is 1. The average molecular weight is 494 g/mol. The molecule has 8 nitrogen and oxygen atoms in total. The lowest BCUT2D eigenvalue weighted by atomic mass is 9.94. The minimum Gasteiger partial charge on any atom is -0.507 e. The Bertz CT molecular complexity index is 1170. The van der Waals surface area contributed by atoms with Gasteiger partial charge in [-0.15, -0.1) is 0 Å². The lowest BCUT2D eigenvalue weighted by Crippen LogP contribution is -2.35.